The Kier molecular flexibility index (Phi) is 7.85. The fourth-order valence-electron chi connectivity index (χ4n) is 9.41. The van der Waals surface area contributed by atoms with Crippen LogP contribution in [0.4, 0.5) is 13.2 Å². The Labute approximate surface area is 289 Å². The van der Waals surface area contributed by atoms with Crippen molar-refractivity contribution in [1.29, 1.82) is 0 Å². The van der Waals surface area contributed by atoms with Crippen LogP contribution in [-0.2, 0) is 21.5 Å². The number of carbonyl (C=O) groups is 2. The number of carbonyl (C=O) groups excluding carboxylic acids is 2. The highest BCUT2D eigenvalue weighted by Crippen LogP contribution is 2.67. The molecule has 4 unspecified atom stereocenters. The summed E-state index contributed by atoms with van der Waals surface area (Å²) in [7, 11) is 0.669. The highest BCUT2D eigenvalue weighted by molar-refractivity contribution is 7.87. The van der Waals surface area contributed by atoms with Gasteiger partial charge < -0.3 is 14.2 Å². The molecule has 4 heterocycles. The second-order valence-corrected chi connectivity index (χ2v) is 17.0. The van der Waals surface area contributed by atoms with Crippen molar-refractivity contribution in [3.05, 3.63) is 53.1 Å². The number of likely N-dealkylation sites (N-methyl/N-ethyl adjacent to an activating group) is 1. The maximum Gasteiger partial charge on any atom is 0.573 e. The van der Waals surface area contributed by atoms with Crippen LogP contribution in [0.1, 0.15) is 84.7 Å². The summed E-state index contributed by atoms with van der Waals surface area (Å²) in [5.74, 6) is -1.51. The molecule has 2 amide bonds. The molecule has 5 aliphatic rings. The molecule has 268 valence electrons. The molecule has 4 fully saturated rings. The summed E-state index contributed by atoms with van der Waals surface area (Å²) in [6.45, 7) is 1.37. The predicted molar refractivity (Wildman–Crippen MR) is 181 cm³/mol. The second kappa shape index (κ2) is 11.7. The van der Waals surface area contributed by atoms with Gasteiger partial charge >= 0.3 is 16.6 Å². The quantitative estimate of drug-likeness (QED) is 0.358. The van der Waals surface area contributed by atoms with E-state index in [9.17, 15) is 31.2 Å². The average Bonchev–Trinajstić information content (AvgIpc) is 3.68. The van der Waals surface area contributed by atoms with E-state index in [1.165, 1.54) is 20.2 Å². The number of alkyl halides is 3. The molecule has 3 aromatic rings. The molecule has 4 atom stereocenters. The molecule has 0 spiro atoms. The van der Waals surface area contributed by atoms with E-state index in [-0.39, 0.29) is 41.8 Å². The van der Waals surface area contributed by atoms with E-state index in [2.05, 4.69) is 16.7 Å². The third-order valence-electron chi connectivity index (χ3n) is 12.1. The smallest absolute Gasteiger partial charge is 0.405 e. The second-order valence-electron chi connectivity index (χ2n) is 15.1. The molecule has 10 nitrogen and oxygen atoms in total. The summed E-state index contributed by atoms with van der Waals surface area (Å²) in [5.41, 5.74) is 2.54. The number of hydrogen-bond acceptors (Lipinski definition) is 6. The normalized spacial score (nSPS) is 26.7. The number of nitrogens with zero attached hydrogens (tertiary/aromatic N) is 4. The first-order valence-electron chi connectivity index (χ1n) is 17.5. The number of halogens is 3. The van der Waals surface area contributed by atoms with Crippen molar-refractivity contribution in [2.75, 3.05) is 34.2 Å². The van der Waals surface area contributed by atoms with E-state index in [0.29, 0.717) is 36.2 Å². The van der Waals surface area contributed by atoms with Gasteiger partial charge in [-0.1, -0.05) is 37.5 Å². The first-order chi connectivity index (χ1) is 23.7. The summed E-state index contributed by atoms with van der Waals surface area (Å²) in [4.78, 5) is 32.5. The minimum atomic E-state index is -4.92. The number of amides is 2. The molecular formula is C36H42F3N5O5S. The van der Waals surface area contributed by atoms with Crippen molar-refractivity contribution >= 4 is 32.9 Å². The van der Waals surface area contributed by atoms with Gasteiger partial charge in [0, 0.05) is 79.3 Å². The number of hydrogen-bond donors (Lipinski definition) is 1. The van der Waals surface area contributed by atoms with Crippen molar-refractivity contribution in [1.82, 2.24) is 23.4 Å². The lowest BCUT2D eigenvalue weighted by Crippen LogP contribution is -2.55. The molecule has 2 aromatic carbocycles. The first-order valence-corrected chi connectivity index (χ1v) is 18.9. The van der Waals surface area contributed by atoms with Crippen molar-refractivity contribution in [3.63, 3.8) is 0 Å². The van der Waals surface area contributed by atoms with E-state index in [1.54, 1.807) is 18.2 Å². The lowest BCUT2D eigenvalue weighted by Gasteiger charge is -2.40. The Morgan fingerprint density at radius 2 is 1.68 bits per heavy atom. The molecule has 1 N–H and O–H groups in total. The zero-order valence-corrected chi connectivity index (χ0v) is 29.2. The van der Waals surface area contributed by atoms with E-state index >= 15 is 0 Å². The van der Waals surface area contributed by atoms with E-state index in [1.807, 2.05) is 21.6 Å². The number of ether oxygens (including phenoxy) is 1. The maximum atomic E-state index is 14.8. The fraction of sp³-hybridized carbons (Fsp3) is 0.556. The van der Waals surface area contributed by atoms with Crippen LogP contribution >= 0.6 is 0 Å². The van der Waals surface area contributed by atoms with Crippen molar-refractivity contribution < 1.29 is 35.9 Å². The Hall–Kier alpha value is -3.62. The lowest BCUT2D eigenvalue weighted by atomic mass is 9.81. The summed E-state index contributed by atoms with van der Waals surface area (Å²) in [5, 5.41) is 0.853. The van der Waals surface area contributed by atoms with Crippen LogP contribution < -0.4 is 9.46 Å². The highest BCUT2D eigenvalue weighted by Gasteiger charge is 2.65. The van der Waals surface area contributed by atoms with Gasteiger partial charge in [-0.05, 0) is 68.8 Å². The predicted octanol–water partition coefficient (Wildman–Crippen LogP) is 5.58. The highest BCUT2D eigenvalue weighted by atomic mass is 32.2. The molecule has 8 rings (SSSR count). The van der Waals surface area contributed by atoms with Gasteiger partial charge in [0.15, 0.2) is 0 Å². The van der Waals surface area contributed by atoms with Crippen LogP contribution in [0, 0.1) is 5.41 Å². The van der Waals surface area contributed by atoms with Crippen molar-refractivity contribution in [3.8, 4) is 17.0 Å². The van der Waals surface area contributed by atoms with Gasteiger partial charge in [-0.25, -0.2) is 4.72 Å². The van der Waals surface area contributed by atoms with Crippen LogP contribution in [0.25, 0.3) is 22.2 Å². The van der Waals surface area contributed by atoms with Crippen LogP contribution in [0.15, 0.2) is 36.4 Å². The first kappa shape index (κ1) is 33.5. The third-order valence-corrected chi connectivity index (χ3v) is 13.5. The summed E-state index contributed by atoms with van der Waals surface area (Å²) in [6.07, 6.45) is 2.38. The molecule has 2 saturated heterocycles. The van der Waals surface area contributed by atoms with Gasteiger partial charge in [-0.3, -0.25) is 14.5 Å². The minimum absolute atomic E-state index is 0.0554. The summed E-state index contributed by atoms with van der Waals surface area (Å²) in [6, 6.07) is 10.3. The Morgan fingerprint density at radius 1 is 0.980 bits per heavy atom. The molecule has 3 aliphatic heterocycles. The van der Waals surface area contributed by atoms with Gasteiger partial charge in [0.05, 0.1) is 11.1 Å². The molecule has 2 saturated carbocycles. The number of likely N-dealkylation sites (tertiary alicyclic amines) is 1. The molecular weight excluding hydrogens is 671 g/mol. The largest absolute Gasteiger partial charge is 0.573 e. The van der Waals surface area contributed by atoms with E-state index in [0.717, 1.165) is 65.9 Å². The molecule has 1 aromatic heterocycles. The monoisotopic (exact) mass is 713 g/mol. The zero-order chi connectivity index (χ0) is 35.3. The zero-order valence-electron chi connectivity index (χ0n) is 28.4. The number of nitrogens with one attached hydrogen (secondary N) is 1. The van der Waals surface area contributed by atoms with Crippen LogP contribution in [0.2, 0.25) is 0 Å². The maximum absolute atomic E-state index is 14.8. The number of aromatic nitrogens is 1. The number of piperazine rings is 1. The summed E-state index contributed by atoms with van der Waals surface area (Å²) < 4.78 is 76.8. The van der Waals surface area contributed by atoms with Crippen molar-refractivity contribution in [2.45, 2.75) is 88.2 Å². The standard InChI is InChI=1S/C36H42F3N5O5S/c1-41(2)50(47,48)40-33(45)22-12-15-25-28(16-22)44-20-35(34(46)43-18-23-13-14-24(19-43)42(23)3)17-27(35)31-26(10-7-11-29(31)49-36(37,38)39)32(44)30(25)21-8-5-4-6-9-21/h7,10-12,15-16,21,23-24,27H,4-6,8-9,13-14,17-20H2,1-3H3,(H,40,45). The Balaban J connectivity index is 1.33. The number of rotatable bonds is 6. The molecule has 2 bridgehead atoms. The topological polar surface area (TPSA) is 104 Å². The van der Waals surface area contributed by atoms with Gasteiger partial charge in [0.2, 0.25) is 5.91 Å². The molecule has 0 radical (unpaired) electrons. The van der Waals surface area contributed by atoms with Crippen LogP contribution in [-0.4, -0.2) is 91.6 Å². The fourth-order valence-corrected chi connectivity index (χ4v) is 9.94. The number of fused-ring (bicyclic) bond motifs is 9. The van der Waals surface area contributed by atoms with Gasteiger partial charge in [0.25, 0.3) is 5.91 Å². The molecule has 50 heavy (non-hydrogen) atoms. The Bertz CT molecular complexity index is 1990. The van der Waals surface area contributed by atoms with Crippen molar-refractivity contribution in [2.24, 2.45) is 5.41 Å². The molecule has 14 heteroatoms. The minimum Gasteiger partial charge on any atom is -0.405 e. The van der Waals surface area contributed by atoms with E-state index < -0.39 is 33.8 Å². The SMILES string of the molecule is CN1C2CCC1CN(C(=O)C13CC1c1c(OC(F)(F)F)cccc1-c1c(C4CCCCC4)c4ccc(C(=O)NS(=O)(=O)N(C)C)cc4n1C3)C2. The van der Waals surface area contributed by atoms with Gasteiger partial charge in [-0.15, -0.1) is 13.2 Å². The van der Waals surface area contributed by atoms with Crippen LogP contribution in [0.5, 0.6) is 5.75 Å². The van der Waals surface area contributed by atoms with Gasteiger partial charge in [0.1, 0.15) is 5.75 Å². The lowest BCUT2D eigenvalue weighted by molar-refractivity contribution is -0.274. The summed E-state index contributed by atoms with van der Waals surface area (Å²) >= 11 is 0. The Morgan fingerprint density at radius 3 is 2.34 bits per heavy atom. The van der Waals surface area contributed by atoms with Crippen LogP contribution in [0.3, 0.4) is 0 Å². The molecule has 2 aliphatic carbocycles. The number of benzene rings is 2. The third kappa shape index (κ3) is 5.40. The van der Waals surface area contributed by atoms with E-state index in [4.69, 9.17) is 4.74 Å². The van der Waals surface area contributed by atoms with Gasteiger partial charge in [-0.2, -0.15) is 12.7 Å². The average molecular weight is 714 g/mol.